The van der Waals surface area contributed by atoms with Crippen LogP contribution in [0.15, 0.2) is 22.7 Å². The van der Waals surface area contributed by atoms with Crippen LogP contribution >= 0.6 is 15.9 Å². The van der Waals surface area contributed by atoms with Gasteiger partial charge in [0.2, 0.25) is 0 Å². The van der Waals surface area contributed by atoms with Crippen molar-refractivity contribution in [3.8, 4) is 5.75 Å². The van der Waals surface area contributed by atoms with E-state index in [0.717, 1.165) is 41.7 Å². The van der Waals surface area contributed by atoms with Gasteiger partial charge in [-0.05, 0) is 38.1 Å². The summed E-state index contributed by atoms with van der Waals surface area (Å²) in [5.41, 5.74) is 0.751. The fourth-order valence-corrected chi connectivity index (χ4v) is 3.32. The van der Waals surface area contributed by atoms with Crippen LogP contribution in [0, 0.1) is 0 Å². The van der Waals surface area contributed by atoms with Crippen molar-refractivity contribution in [2.45, 2.75) is 31.0 Å². The number of likely N-dealkylation sites (tertiary alicyclic amines) is 1. The first-order valence-electron chi connectivity index (χ1n) is 6.43. The van der Waals surface area contributed by atoms with Crippen molar-refractivity contribution >= 4 is 15.9 Å². The highest BCUT2D eigenvalue weighted by Crippen LogP contribution is 2.44. The Hall–Kier alpha value is -0.580. The summed E-state index contributed by atoms with van der Waals surface area (Å²) >= 11 is 3.44. The van der Waals surface area contributed by atoms with Crippen molar-refractivity contribution in [1.82, 2.24) is 4.90 Å². The molecule has 18 heavy (non-hydrogen) atoms. The molecule has 0 unspecified atom stereocenters. The van der Waals surface area contributed by atoms with Crippen LogP contribution < -0.4 is 4.74 Å². The van der Waals surface area contributed by atoms with Gasteiger partial charge in [-0.1, -0.05) is 15.9 Å². The summed E-state index contributed by atoms with van der Waals surface area (Å²) in [5, 5.41) is 10.4. The maximum absolute atomic E-state index is 10.4. The van der Waals surface area contributed by atoms with Gasteiger partial charge in [0.1, 0.15) is 11.4 Å². The minimum absolute atomic E-state index is 0.160. The standard InChI is InChI=1S/C14H18BrNO2/c1-16-6-4-14(5-7-16)9-12(17)11-8-10(15)2-3-13(11)18-14/h2-3,8,12,17H,4-7,9H2,1H3/t12-/m0/s1. The molecule has 2 aliphatic rings. The van der Waals surface area contributed by atoms with Gasteiger partial charge in [0.05, 0.1) is 6.10 Å². The summed E-state index contributed by atoms with van der Waals surface area (Å²) in [6.45, 7) is 2.08. The molecule has 1 aromatic carbocycles. The Bertz CT molecular complexity index is 455. The van der Waals surface area contributed by atoms with Gasteiger partial charge in [0.15, 0.2) is 0 Å². The molecule has 2 heterocycles. The number of fused-ring (bicyclic) bond motifs is 1. The molecule has 1 atom stereocenters. The Balaban J connectivity index is 1.89. The molecule has 98 valence electrons. The van der Waals surface area contributed by atoms with Crippen LogP contribution in [0.25, 0.3) is 0 Å². The first kappa shape index (κ1) is 12.5. The lowest BCUT2D eigenvalue weighted by atomic mass is 9.82. The van der Waals surface area contributed by atoms with Crippen molar-refractivity contribution in [3.63, 3.8) is 0 Å². The topological polar surface area (TPSA) is 32.7 Å². The molecule has 3 nitrogen and oxygen atoms in total. The van der Waals surface area contributed by atoms with Crippen LogP contribution in [0.2, 0.25) is 0 Å². The number of hydrogen-bond acceptors (Lipinski definition) is 3. The first-order chi connectivity index (χ1) is 8.58. The quantitative estimate of drug-likeness (QED) is 0.799. The Labute approximate surface area is 116 Å². The summed E-state index contributed by atoms with van der Waals surface area (Å²) in [5.74, 6) is 0.849. The van der Waals surface area contributed by atoms with E-state index in [0.29, 0.717) is 6.42 Å². The van der Waals surface area contributed by atoms with Gasteiger partial charge >= 0.3 is 0 Å². The zero-order chi connectivity index (χ0) is 12.8. The lowest BCUT2D eigenvalue weighted by Gasteiger charge is -2.45. The molecule has 4 heteroatoms. The van der Waals surface area contributed by atoms with Gasteiger partial charge in [0.25, 0.3) is 0 Å². The molecule has 0 amide bonds. The summed E-state index contributed by atoms with van der Waals surface area (Å²) < 4.78 is 7.22. The lowest BCUT2D eigenvalue weighted by molar-refractivity contribution is -0.0503. The largest absolute Gasteiger partial charge is 0.487 e. The second kappa shape index (κ2) is 4.51. The highest BCUT2D eigenvalue weighted by Gasteiger charge is 2.42. The van der Waals surface area contributed by atoms with Crippen molar-refractivity contribution in [2.24, 2.45) is 0 Å². The lowest BCUT2D eigenvalue weighted by Crippen LogP contribution is -2.49. The number of piperidine rings is 1. The number of aliphatic hydroxyl groups excluding tert-OH is 1. The highest BCUT2D eigenvalue weighted by atomic mass is 79.9. The summed E-state index contributed by atoms with van der Waals surface area (Å²) in [7, 11) is 2.14. The Morgan fingerprint density at radius 2 is 2.11 bits per heavy atom. The average molecular weight is 312 g/mol. The van der Waals surface area contributed by atoms with Crippen molar-refractivity contribution in [2.75, 3.05) is 20.1 Å². The number of halogens is 1. The maximum atomic E-state index is 10.4. The molecule has 0 aromatic heterocycles. The molecule has 1 spiro atoms. The third-order valence-corrected chi connectivity index (χ3v) is 4.61. The Morgan fingerprint density at radius 3 is 2.83 bits per heavy atom. The number of benzene rings is 1. The van der Waals surface area contributed by atoms with Crippen molar-refractivity contribution in [3.05, 3.63) is 28.2 Å². The number of aliphatic hydroxyl groups is 1. The van der Waals surface area contributed by atoms with Gasteiger partial charge in [-0.2, -0.15) is 0 Å². The Kier molecular flexibility index (Phi) is 3.12. The zero-order valence-corrected chi connectivity index (χ0v) is 12.1. The molecule has 3 rings (SSSR count). The molecular formula is C14H18BrNO2. The fourth-order valence-electron chi connectivity index (χ4n) is 2.94. The molecule has 0 aliphatic carbocycles. The van der Waals surface area contributed by atoms with Crippen LogP contribution in [0.3, 0.4) is 0 Å². The summed E-state index contributed by atoms with van der Waals surface area (Å²) in [6, 6.07) is 5.89. The van der Waals surface area contributed by atoms with Crippen LogP contribution in [0.4, 0.5) is 0 Å². The van der Waals surface area contributed by atoms with E-state index in [1.807, 2.05) is 18.2 Å². The zero-order valence-electron chi connectivity index (χ0n) is 10.5. The minimum atomic E-state index is -0.408. The van der Waals surface area contributed by atoms with Crippen LogP contribution in [-0.2, 0) is 0 Å². The highest BCUT2D eigenvalue weighted by molar-refractivity contribution is 9.10. The van der Waals surface area contributed by atoms with Gasteiger partial charge < -0.3 is 14.7 Å². The number of hydrogen-bond donors (Lipinski definition) is 1. The molecule has 0 saturated carbocycles. The van der Waals surface area contributed by atoms with Crippen molar-refractivity contribution in [1.29, 1.82) is 0 Å². The molecular weight excluding hydrogens is 294 g/mol. The number of ether oxygens (including phenoxy) is 1. The molecule has 2 aliphatic heterocycles. The van der Waals surface area contributed by atoms with E-state index >= 15 is 0 Å². The summed E-state index contributed by atoms with van der Waals surface area (Å²) in [4.78, 5) is 2.32. The normalized spacial score (nSPS) is 26.7. The minimum Gasteiger partial charge on any atom is -0.487 e. The molecule has 1 N–H and O–H groups in total. The third kappa shape index (κ3) is 2.17. The molecule has 1 saturated heterocycles. The SMILES string of the molecule is CN1CCC2(CC1)C[C@H](O)c1cc(Br)ccc1O2. The monoisotopic (exact) mass is 311 g/mol. The number of rotatable bonds is 0. The maximum Gasteiger partial charge on any atom is 0.126 e. The van der Waals surface area contributed by atoms with Crippen LogP contribution in [-0.4, -0.2) is 35.7 Å². The van der Waals surface area contributed by atoms with E-state index in [9.17, 15) is 5.11 Å². The van der Waals surface area contributed by atoms with Gasteiger partial charge in [-0.3, -0.25) is 0 Å². The molecule has 0 bridgehead atoms. The molecule has 1 fully saturated rings. The van der Waals surface area contributed by atoms with Gasteiger partial charge in [-0.15, -0.1) is 0 Å². The van der Waals surface area contributed by atoms with E-state index in [2.05, 4.69) is 27.9 Å². The number of nitrogens with zero attached hydrogens (tertiary/aromatic N) is 1. The van der Waals surface area contributed by atoms with Crippen molar-refractivity contribution < 1.29 is 9.84 Å². The summed E-state index contributed by atoms with van der Waals surface area (Å²) in [6.07, 6.45) is 2.30. The predicted molar refractivity (Wildman–Crippen MR) is 73.8 cm³/mol. The smallest absolute Gasteiger partial charge is 0.126 e. The molecule has 0 radical (unpaired) electrons. The fraction of sp³-hybridized carbons (Fsp3) is 0.571. The first-order valence-corrected chi connectivity index (χ1v) is 7.22. The van der Waals surface area contributed by atoms with Gasteiger partial charge in [-0.25, -0.2) is 0 Å². The van der Waals surface area contributed by atoms with E-state index in [4.69, 9.17) is 4.74 Å². The Morgan fingerprint density at radius 1 is 1.39 bits per heavy atom. The van der Waals surface area contributed by atoms with E-state index < -0.39 is 6.10 Å². The average Bonchev–Trinajstić information content (AvgIpc) is 2.35. The predicted octanol–water partition coefficient (Wildman–Crippen LogP) is 2.73. The van der Waals surface area contributed by atoms with E-state index in [1.165, 1.54) is 0 Å². The second-order valence-electron chi connectivity index (χ2n) is 5.49. The second-order valence-corrected chi connectivity index (χ2v) is 6.41. The third-order valence-electron chi connectivity index (χ3n) is 4.12. The van der Waals surface area contributed by atoms with Crippen LogP contribution in [0.5, 0.6) is 5.75 Å². The van der Waals surface area contributed by atoms with Gasteiger partial charge in [0, 0.05) is 29.5 Å². The molecule has 1 aromatic rings. The van der Waals surface area contributed by atoms with E-state index in [-0.39, 0.29) is 5.60 Å². The van der Waals surface area contributed by atoms with E-state index in [1.54, 1.807) is 0 Å². The van der Waals surface area contributed by atoms with Crippen LogP contribution in [0.1, 0.15) is 30.9 Å².